The predicted molar refractivity (Wildman–Crippen MR) is 151 cm³/mol. The minimum absolute atomic E-state index is 0.105. The van der Waals surface area contributed by atoms with Crippen molar-refractivity contribution >= 4 is 53.8 Å². The van der Waals surface area contributed by atoms with Crippen LogP contribution in [0.25, 0.3) is 0 Å². The summed E-state index contributed by atoms with van der Waals surface area (Å²) in [6.07, 6.45) is 2.16. The highest BCUT2D eigenvalue weighted by Gasteiger charge is 2.30. The fourth-order valence-corrected chi connectivity index (χ4v) is 5.52. The summed E-state index contributed by atoms with van der Waals surface area (Å²) >= 11 is 6.69. The largest absolute Gasteiger partial charge is 0.337 e. The molecule has 2 aliphatic rings. The van der Waals surface area contributed by atoms with E-state index in [2.05, 4.69) is 51.0 Å². The average molecular weight is 659 g/mol. The van der Waals surface area contributed by atoms with E-state index < -0.39 is 16.2 Å². The highest BCUT2D eigenvalue weighted by molar-refractivity contribution is 9.10. The highest BCUT2D eigenvalue weighted by atomic mass is 79.9. The number of carbonyl (C=O) groups is 2. The maximum Gasteiger partial charge on any atom is 0.264 e. The average Bonchev–Trinajstić information content (AvgIpc) is 3.48. The first kappa shape index (κ1) is 29.8. The van der Waals surface area contributed by atoms with Gasteiger partial charge in [0.2, 0.25) is 0 Å². The van der Waals surface area contributed by atoms with E-state index in [1.165, 1.54) is 0 Å². The molecule has 2 atom stereocenters. The summed E-state index contributed by atoms with van der Waals surface area (Å²) in [5.41, 5.74) is 1.35. The van der Waals surface area contributed by atoms with Gasteiger partial charge in [0, 0.05) is 58.3 Å². The zero-order valence-electron chi connectivity index (χ0n) is 21.2. The summed E-state index contributed by atoms with van der Waals surface area (Å²) in [7, 11) is -3.47. The van der Waals surface area contributed by atoms with E-state index >= 15 is 0 Å². The van der Waals surface area contributed by atoms with E-state index in [9.17, 15) is 18.0 Å². The number of hydrogen-bond donors (Lipinski definition) is 1. The van der Waals surface area contributed by atoms with Crippen LogP contribution in [-0.2, 0) is 14.3 Å². The van der Waals surface area contributed by atoms with Crippen molar-refractivity contribution in [1.82, 2.24) is 15.1 Å². The number of rotatable bonds is 6. The van der Waals surface area contributed by atoms with Crippen molar-refractivity contribution in [3.8, 4) is 0 Å². The fourth-order valence-electron chi connectivity index (χ4n) is 4.34. The molecule has 11 heteroatoms. The van der Waals surface area contributed by atoms with Gasteiger partial charge in [-0.2, -0.15) is 8.42 Å². The molecule has 0 unspecified atom stereocenters. The number of halogens is 2. The van der Waals surface area contributed by atoms with Gasteiger partial charge in [0.15, 0.2) is 0 Å². The van der Waals surface area contributed by atoms with E-state index in [4.69, 9.17) is 4.18 Å². The number of nitrogens with one attached hydrogen (secondary N) is 1. The summed E-state index contributed by atoms with van der Waals surface area (Å²) < 4.78 is 28.9. The molecule has 0 saturated carbocycles. The first-order valence-corrected chi connectivity index (χ1v) is 15.6. The van der Waals surface area contributed by atoms with E-state index in [1.807, 2.05) is 29.2 Å². The van der Waals surface area contributed by atoms with E-state index in [1.54, 1.807) is 29.2 Å². The molecule has 2 aliphatic heterocycles. The lowest BCUT2D eigenvalue weighted by molar-refractivity contribution is 0.0771. The molecular weight excluding hydrogens is 626 g/mol. The Hall–Kier alpha value is -1.79. The molecule has 2 aromatic rings. The Morgan fingerprint density at radius 2 is 1.32 bits per heavy atom. The van der Waals surface area contributed by atoms with Crippen LogP contribution in [-0.4, -0.2) is 80.7 Å². The summed E-state index contributed by atoms with van der Waals surface area (Å²) in [5, 5.41) is 3.49. The number of hydrogen-bond acceptors (Lipinski definition) is 6. The Bertz CT molecular complexity index is 1170. The summed E-state index contributed by atoms with van der Waals surface area (Å²) in [5.74, 6) is 0.0302. The second kappa shape index (κ2) is 13.3. The molecule has 1 N–H and O–H groups in total. The third-order valence-corrected chi connectivity index (χ3v) is 7.65. The van der Waals surface area contributed by atoms with Crippen LogP contribution in [0.2, 0.25) is 0 Å². The van der Waals surface area contributed by atoms with Gasteiger partial charge >= 0.3 is 0 Å². The van der Waals surface area contributed by atoms with Gasteiger partial charge < -0.3 is 15.1 Å². The third-order valence-electron chi connectivity index (χ3n) is 5.97. The number of amides is 2. The molecule has 2 heterocycles. The van der Waals surface area contributed by atoms with Gasteiger partial charge in [-0.1, -0.05) is 45.7 Å². The van der Waals surface area contributed by atoms with E-state index in [-0.39, 0.29) is 11.8 Å². The first-order valence-electron chi connectivity index (χ1n) is 12.2. The van der Waals surface area contributed by atoms with Crippen molar-refractivity contribution < 1.29 is 22.2 Å². The Kier molecular flexibility index (Phi) is 10.7. The van der Waals surface area contributed by atoms with Crippen molar-refractivity contribution in [2.75, 3.05) is 32.4 Å². The maximum absolute atomic E-state index is 12.3. The van der Waals surface area contributed by atoms with Crippen LogP contribution in [0.5, 0.6) is 0 Å². The molecule has 0 aliphatic carbocycles. The second-order valence-electron chi connectivity index (χ2n) is 9.53. The van der Waals surface area contributed by atoms with Crippen molar-refractivity contribution in [2.45, 2.75) is 44.9 Å². The third kappa shape index (κ3) is 9.47. The van der Waals surface area contributed by atoms with Crippen LogP contribution in [0.3, 0.4) is 0 Å². The smallest absolute Gasteiger partial charge is 0.264 e. The molecule has 0 bridgehead atoms. The molecule has 0 radical (unpaired) electrons. The lowest BCUT2D eigenvalue weighted by atomic mass is 10.2. The Morgan fingerprint density at radius 1 is 0.865 bits per heavy atom. The van der Waals surface area contributed by atoms with Gasteiger partial charge in [0.25, 0.3) is 21.9 Å². The molecule has 2 saturated heterocycles. The quantitative estimate of drug-likeness (QED) is 0.465. The normalized spacial score (nSPS) is 19.6. The Balaban J connectivity index is 0.000000206. The zero-order valence-corrected chi connectivity index (χ0v) is 25.2. The lowest BCUT2D eigenvalue weighted by Gasteiger charge is -2.18. The SMILES string of the molecule is CC(C)N[C@H]1CCN(C(=O)c2ccc(Br)cc2)C1.CS(=O)(=O)O[C@@H]1CCN(C(=O)c2ccc(Br)cc2)C1. The molecule has 4 rings (SSSR count). The molecule has 8 nitrogen and oxygen atoms in total. The summed E-state index contributed by atoms with van der Waals surface area (Å²) in [6, 6.07) is 15.5. The van der Waals surface area contributed by atoms with Gasteiger partial charge in [-0.3, -0.25) is 13.8 Å². The zero-order chi connectivity index (χ0) is 27.2. The minimum atomic E-state index is -3.47. The molecular formula is C26H33Br2N3O5S. The van der Waals surface area contributed by atoms with Crippen molar-refractivity contribution in [3.63, 3.8) is 0 Å². The minimum Gasteiger partial charge on any atom is -0.337 e. The van der Waals surface area contributed by atoms with Crippen molar-refractivity contribution in [2.24, 2.45) is 0 Å². The standard InChI is InChI=1S/C14H19BrN2O.C12H14BrNO4S/c1-10(2)16-13-7-8-17(9-13)14(18)11-3-5-12(15)6-4-11;1-19(16,17)18-11-6-7-14(8-11)12(15)9-2-4-10(13)5-3-9/h3-6,10,13,16H,7-9H2,1-2H3;2-5,11H,6-8H2,1H3/t13-;11-/m01/s1. The van der Waals surface area contributed by atoms with Gasteiger partial charge in [-0.15, -0.1) is 0 Å². The topological polar surface area (TPSA) is 96.0 Å². The molecule has 0 spiro atoms. The number of carbonyl (C=O) groups excluding carboxylic acids is 2. The summed E-state index contributed by atoms with van der Waals surface area (Å²) in [4.78, 5) is 28.0. The van der Waals surface area contributed by atoms with Crippen LogP contribution in [0.4, 0.5) is 0 Å². The second-order valence-corrected chi connectivity index (χ2v) is 13.0. The predicted octanol–water partition coefficient (Wildman–Crippen LogP) is 4.30. The maximum atomic E-state index is 12.3. The highest BCUT2D eigenvalue weighted by Crippen LogP contribution is 2.19. The van der Waals surface area contributed by atoms with Gasteiger partial charge in [0.1, 0.15) is 0 Å². The number of benzene rings is 2. The molecule has 2 amide bonds. The number of nitrogens with zero attached hydrogens (tertiary/aromatic N) is 2. The van der Waals surface area contributed by atoms with E-state index in [0.717, 1.165) is 40.3 Å². The molecule has 37 heavy (non-hydrogen) atoms. The van der Waals surface area contributed by atoms with E-state index in [0.29, 0.717) is 37.2 Å². The van der Waals surface area contributed by atoms with Crippen LogP contribution in [0.15, 0.2) is 57.5 Å². The van der Waals surface area contributed by atoms with Gasteiger partial charge in [-0.05, 0) is 61.4 Å². The van der Waals surface area contributed by atoms with Gasteiger partial charge in [-0.25, -0.2) is 0 Å². The molecule has 2 fully saturated rings. The first-order chi connectivity index (χ1) is 17.4. The van der Waals surface area contributed by atoms with Crippen LogP contribution in [0, 0.1) is 0 Å². The summed E-state index contributed by atoms with van der Waals surface area (Å²) in [6.45, 7) is 6.75. The van der Waals surface area contributed by atoms with Crippen LogP contribution >= 0.6 is 31.9 Å². The Morgan fingerprint density at radius 3 is 1.78 bits per heavy atom. The molecule has 202 valence electrons. The molecule has 2 aromatic carbocycles. The number of likely N-dealkylation sites (tertiary alicyclic amines) is 2. The van der Waals surface area contributed by atoms with Gasteiger partial charge in [0.05, 0.1) is 12.4 Å². The fraction of sp³-hybridized carbons (Fsp3) is 0.462. The van der Waals surface area contributed by atoms with Crippen molar-refractivity contribution in [3.05, 3.63) is 68.6 Å². The van der Waals surface area contributed by atoms with Crippen molar-refractivity contribution in [1.29, 1.82) is 0 Å². The molecule has 0 aromatic heterocycles. The Labute approximate surface area is 236 Å². The lowest BCUT2D eigenvalue weighted by Crippen LogP contribution is -2.38. The van der Waals surface area contributed by atoms with Crippen LogP contribution < -0.4 is 5.32 Å². The monoisotopic (exact) mass is 657 g/mol. The van der Waals surface area contributed by atoms with Crippen LogP contribution in [0.1, 0.15) is 47.4 Å².